The van der Waals surface area contributed by atoms with Crippen LogP contribution in [-0.4, -0.2) is 51.6 Å². The Morgan fingerprint density at radius 1 is 1.50 bits per heavy atom. The number of nitrogens with one attached hydrogen (secondary N) is 1. The van der Waals surface area contributed by atoms with Crippen molar-refractivity contribution in [1.82, 2.24) is 15.1 Å². The minimum atomic E-state index is -5.29. The van der Waals surface area contributed by atoms with Crippen LogP contribution >= 0.6 is 0 Å². The second-order valence-corrected chi connectivity index (χ2v) is 4.88. The molecule has 1 aromatic heterocycles. The number of aliphatic hydroxyl groups is 1. The molecule has 0 bridgehead atoms. The number of carbonyl (C=O) groups is 2. The van der Waals surface area contributed by atoms with Crippen molar-refractivity contribution < 1.29 is 32.7 Å². The predicted molar refractivity (Wildman–Crippen MR) is 65.4 cm³/mol. The van der Waals surface area contributed by atoms with Gasteiger partial charge in [0.1, 0.15) is 0 Å². The van der Waals surface area contributed by atoms with Crippen molar-refractivity contribution in [2.75, 3.05) is 18.2 Å². The highest BCUT2D eigenvalue weighted by atomic mass is 19.4. The molecule has 1 aliphatic heterocycles. The SMILES string of the molecule is Cc1cc(N(OC(=O)C(F)(F)F)C(=O)C2(O)CNC2)nn1C. The minimum absolute atomic E-state index is 0.0731. The lowest BCUT2D eigenvalue weighted by molar-refractivity contribution is -0.203. The van der Waals surface area contributed by atoms with E-state index in [0.717, 1.165) is 0 Å². The number of aryl methyl sites for hydroxylation is 2. The maximum Gasteiger partial charge on any atom is 0.493 e. The van der Waals surface area contributed by atoms with E-state index in [1.54, 1.807) is 6.92 Å². The first-order chi connectivity index (χ1) is 10.0. The summed E-state index contributed by atoms with van der Waals surface area (Å²) in [7, 11) is 1.49. The van der Waals surface area contributed by atoms with Crippen molar-refractivity contribution >= 4 is 17.7 Å². The van der Waals surface area contributed by atoms with Crippen LogP contribution in [-0.2, 0) is 21.5 Å². The van der Waals surface area contributed by atoms with Gasteiger partial charge in [-0.3, -0.25) is 9.48 Å². The normalized spacial score (nSPS) is 16.8. The van der Waals surface area contributed by atoms with Gasteiger partial charge < -0.3 is 15.3 Å². The summed E-state index contributed by atoms with van der Waals surface area (Å²) < 4.78 is 38.3. The zero-order valence-corrected chi connectivity index (χ0v) is 11.6. The molecule has 0 saturated carbocycles. The fourth-order valence-electron chi connectivity index (χ4n) is 1.67. The van der Waals surface area contributed by atoms with E-state index in [1.807, 2.05) is 0 Å². The summed E-state index contributed by atoms with van der Waals surface area (Å²) in [5, 5.41) is 16.4. The van der Waals surface area contributed by atoms with Gasteiger partial charge in [0.05, 0.1) is 0 Å². The lowest BCUT2D eigenvalue weighted by Crippen LogP contribution is -2.68. The molecule has 1 aromatic rings. The quantitative estimate of drug-likeness (QED) is 0.707. The van der Waals surface area contributed by atoms with E-state index < -0.39 is 23.7 Å². The maximum atomic E-state index is 12.4. The van der Waals surface area contributed by atoms with Crippen LogP contribution < -0.4 is 10.4 Å². The molecule has 2 heterocycles. The van der Waals surface area contributed by atoms with Gasteiger partial charge in [0.25, 0.3) is 5.91 Å². The number of β-amino-alcohol motifs (C(OH)–C–C–N with tert-alkyl or cyclic N) is 1. The van der Waals surface area contributed by atoms with Crippen LogP contribution in [0.4, 0.5) is 19.0 Å². The van der Waals surface area contributed by atoms with Crippen LogP contribution in [0.5, 0.6) is 0 Å². The Morgan fingerprint density at radius 2 is 2.09 bits per heavy atom. The van der Waals surface area contributed by atoms with Crippen LogP contribution in [0, 0.1) is 6.92 Å². The number of amides is 1. The van der Waals surface area contributed by atoms with Crippen molar-refractivity contribution in [2.45, 2.75) is 18.7 Å². The van der Waals surface area contributed by atoms with Gasteiger partial charge in [0.15, 0.2) is 11.4 Å². The van der Waals surface area contributed by atoms with E-state index in [1.165, 1.54) is 17.8 Å². The van der Waals surface area contributed by atoms with E-state index in [9.17, 15) is 27.9 Å². The van der Waals surface area contributed by atoms with Crippen molar-refractivity contribution in [3.8, 4) is 0 Å². The van der Waals surface area contributed by atoms with Crippen molar-refractivity contribution in [3.63, 3.8) is 0 Å². The standard InChI is InChI=1S/C11H13F3N4O4/c1-6-3-7(16-17(6)2)18(22-9(20)11(12,13)14)8(19)10(21)4-15-5-10/h3,15,21H,4-5H2,1-2H3. The molecule has 1 saturated heterocycles. The zero-order valence-electron chi connectivity index (χ0n) is 11.6. The van der Waals surface area contributed by atoms with E-state index in [2.05, 4.69) is 15.3 Å². The highest BCUT2D eigenvalue weighted by Gasteiger charge is 2.50. The fourth-order valence-corrected chi connectivity index (χ4v) is 1.67. The molecule has 1 fully saturated rings. The number of hydrogen-bond donors (Lipinski definition) is 2. The number of rotatable bonds is 2. The Bertz CT molecular complexity index is 589. The van der Waals surface area contributed by atoms with Crippen LogP contribution in [0.2, 0.25) is 0 Å². The van der Waals surface area contributed by atoms with Crippen LogP contribution in [0.15, 0.2) is 6.07 Å². The highest BCUT2D eigenvalue weighted by Crippen LogP contribution is 2.24. The van der Waals surface area contributed by atoms with Gasteiger partial charge in [0, 0.05) is 31.9 Å². The molecule has 11 heteroatoms. The van der Waals surface area contributed by atoms with E-state index in [-0.39, 0.29) is 24.0 Å². The molecule has 22 heavy (non-hydrogen) atoms. The first-order valence-electron chi connectivity index (χ1n) is 6.12. The summed E-state index contributed by atoms with van der Waals surface area (Å²) in [4.78, 5) is 27.3. The summed E-state index contributed by atoms with van der Waals surface area (Å²) in [5.74, 6) is -4.12. The molecule has 2 N–H and O–H groups in total. The Hall–Kier alpha value is -2.14. The van der Waals surface area contributed by atoms with E-state index in [4.69, 9.17) is 0 Å². The molecule has 0 spiro atoms. The predicted octanol–water partition coefficient (Wildman–Crippen LogP) is -0.584. The molecule has 122 valence electrons. The number of hydrogen-bond acceptors (Lipinski definition) is 6. The highest BCUT2D eigenvalue weighted by molar-refractivity contribution is 5.99. The number of anilines is 1. The smallest absolute Gasteiger partial charge is 0.377 e. The molecule has 0 atom stereocenters. The summed E-state index contributed by atoms with van der Waals surface area (Å²) in [6.07, 6.45) is -5.29. The number of aromatic nitrogens is 2. The maximum absolute atomic E-state index is 12.4. The number of hydroxylamine groups is 1. The summed E-state index contributed by atoms with van der Waals surface area (Å²) in [5.41, 5.74) is -1.44. The van der Waals surface area contributed by atoms with Gasteiger partial charge in [-0.2, -0.15) is 18.3 Å². The van der Waals surface area contributed by atoms with Gasteiger partial charge >= 0.3 is 12.1 Å². The van der Waals surface area contributed by atoms with Crippen molar-refractivity contribution in [1.29, 1.82) is 0 Å². The molecule has 0 radical (unpaired) electrons. The Balaban J connectivity index is 2.32. The average molecular weight is 322 g/mol. The second-order valence-electron chi connectivity index (χ2n) is 4.88. The Labute approximate surface area is 122 Å². The molecule has 0 unspecified atom stereocenters. The third-order valence-electron chi connectivity index (χ3n) is 3.13. The van der Waals surface area contributed by atoms with Gasteiger partial charge in [-0.15, -0.1) is 5.06 Å². The number of halogens is 3. The van der Waals surface area contributed by atoms with Crippen molar-refractivity contribution in [3.05, 3.63) is 11.8 Å². The molecular formula is C11H13F3N4O4. The first-order valence-corrected chi connectivity index (χ1v) is 6.12. The van der Waals surface area contributed by atoms with Gasteiger partial charge in [-0.1, -0.05) is 0 Å². The van der Waals surface area contributed by atoms with Gasteiger partial charge in [-0.05, 0) is 6.92 Å². The van der Waals surface area contributed by atoms with Crippen LogP contribution in [0.3, 0.4) is 0 Å². The molecule has 1 aliphatic rings. The molecule has 0 aliphatic carbocycles. The largest absolute Gasteiger partial charge is 0.493 e. The summed E-state index contributed by atoms with van der Waals surface area (Å²) in [6, 6.07) is 1.25. The van der Waals surface area contributed by atoms with Crippen LogP contribution in [0.1, 0.15) is 5.69 Å². The monoisotopic (exact) mass is 322 g/mol. The lowest BCUT2D eigenvalue weighted by atomic mass is 9.96. The molecule has 0 aromatic carbocycles. The summed E-state index contributed by atoms with van der Waals surface area (Å²) >= 11 is 0. The van der Waals surface area contributed by atoms with Gasteiger partial charge in [0.2, 0.25) is 0 Å². The van der Waals surface area contributed by atoms with Crippen molar-refractivity contribution in [2.24, 2.45) is 7.05 Å². The van der Waals surface area contributed by atoms with E-state index in [0.29, 0.717) is 5.69 Å². The summed E-state index contributed by atoms with van der Waals surface area (Å²) in [6.45, 7) is 1.25. The second kappa shape index (κ2) is 5.25. The number of nitrogens with zero attached hydrogens (tertiary/aromatic N) is 3. The topological polar surface area (TPSA) is 96.7 Å². The zero-order chi connectivity index (χ0) is 16.7. The minimum Gasteiger partial charge on any atom is -0.377 e. The number of carbonyl (C=O) groups excluding carboxylic acids is 2. The molecule has 8 nitrogen and oxygen atoms in total. The van der Waals surface area contributed by atoms with Crippen LogP contribution in [0.25, 0.3) is 0 Å². The molecular weight excluding hydrogens is 309 g/mol. The number of alkyl halides is 3. The lowest BCUT2D eigenvalue weighted by Gasteiger charge is -2.37. The fraction of sp³-hybridized carbons (Fsp3) is 0.545. The van der Waals surface area contributed by atoms with Gasteiger partial charge in [-0.25, -0.2) is 4.79 Å². The average Bonchev–Trinajstić information content (AvgIpc) is 2.70. The Kier molecular flexibility index (Phi) is 3.87. The van der Waals surface area contributed by atoms with E-state index >= 15 is 0 Å². The Morgan fingerprint density at radius 3 is 2.45 bits per heavy atom. The molecule has 2 rings (SSSR count). The molecule has 1 amide bonds. The third-order valence-corrected chi connectivity index (χ3v) is 3.13. The first kappa shape index (κ1) is 16.2. The third kappa shape index (κ3) is 2.90.